The van der Waals surface area contributed by atoms with Gasteiger partial charge in [0.2, 0.25) is 0 Å². The topological polar surface area (TPSA) is 90.4 Å². The fourth-order valence-electron chi connectivity index (χ4n) is 4.89. The molecule has 2 aliphatic heterocycles. The summed E-state index contributed by atoms with van der Waals surface area (Å²) in [5.41, 5.74) is -5.46. The van der Waals surface area contributed by atoms with Crippen LogP contribution in [0.25, 0.3) is 0 Å². The zero-order chi connectivity index (χ0) is 20.9. The van der Waals surface area contributed by atoms with Crippen LogP contribution in [0.5, 0.6) is 0 Å². The zero-order valence-corrected chi connectivity index (χ0v) is 17.2. The molecule has 4 fully saturated rings. The Morgan fingerprint density at radius 3 is 2.00 bits per heavy atom. The SMILES string of the molecule is CC(C)(C(=O)OCC1CC2CC1CC2C(O)(C(F)(F)F)C(F)(F)F)C12NI1N2. The molecule has 5 nitrogen and oxygen atoms in total. The number of carbonyl (C=O) groups is 1. The number of hydrogen-bond acceptors (Lipinski definition) is 5. The van der Waals surface area contributed by atoms with Crippen molar-refractivity contribution in [1.29, 1.82) is 0 Å². The summed E-state index contributed by atoms with van der Waals surface area (Å²) in [6.45, 7) is 3.49. The summed E-state index contributed by atoms with van der Waals surface area (Å²) >= 11 is -1.37. The van der Waals surface area contributed by atoms with E-state index in [0.717, 1.165) is 0 Å². The van der Waals surface area contributed by atoms with Crippen LogP contribution in [0.1, 0.15) is 33.1 Å². The second-order valence-corrected chi connectivity index (χ2v) is 13.0. The van der Waals surface area contributed by atoms with Crippen molar-refractivity contribution in [3.8, 4) is 0 Å². The molecule has 2 heterocycles. The Labute approximate surface area is 165 Å². The van der Waals surface area contributed by atoms with Crippen molar-refractivity contribution in [1.82, 2.24) is 7.06 Å². The average Bonchev–Trinajstić information content (AvgIpc) is 3.33. The van der Waals surface area contributed by atoms with E-state index in [4.69, 9.17) is 4.74 Å². The van der Waals surface area contributed by atoms with Crippen molar-refractivity contribution < 1.29 is 41.0 Å². The molecule has 12 heteroatoms. The molecule has 4 atom stereocenters. The number of aliphatic hydroxyl groups is 1. The number of carbonyl (C=O) groups excluding carboxylic acids is 1. The number of halogens is 7. The molecule has 2 saturated carbocycles. The molecular weight excluding hydrogens is 509 g/mol. The minimum absolute atomic E-state index is 0.0170. The van der Waals surface area contributed by atoms with Crippen molar-refractivity contribution in [2.45, 2.75) is 54.7 Å². The first-order valence-electron chi connectivity index (χ1n) is 8.93. The predicted octanol–water partition coefficient (Wildman–Crippen LogP) is 3.27. The molecule has 2 aliphatic carbocycles. The maximum atomic E-state index is 13.1. The van der Waals surface area contributed by atoms with Gasteiger partial charge >= 0.3 is 165 Å². The Morgan fingerprint density at radius 2 is 1.61 bits per heavy atom. The zero-order valence-electron chi connectivity index (χ0n) is 15.0. The summed E-state index contributed by atoms with van der Waals surface area (Å²) in [5.74, 6) is -3.95. The number of esters is 1. The summed E-state index contributed by atoms with van der Waals surface area (Å²) in [6, 6.07) is 0. The van der Waals surface area contributed by atoms with E-state index >= 15 is 0 Å². The average molecular weight is 530 g/mol. The molecule has 162 valence electrons. The van der Waals surface area contributed by atoms with E-state index in [2.05, 4.69) is 7.06 Å². The molecule has 0 spiro atoms. The molecule has 0 aromatic carbocycles. The fourth-order valence-corrected chi connectivity index (χ4v) is 10.5. The Balaban J connectivity index is 1.38. The molecule has 4 unspecified atom stereocenters. The standard InChI is InChI=1S/C16H21F6IN2O3/c1-12(2,16-23(24-16)25-16)11(26)28-6-9-4-8-3-7(9)5-10(8)13(27,14(17,18)19)15(20,21)22/h7-10,24-25,27H,3-6H2,1-2H3. The molecule has 4 rings (SSSR count). The summed E-state index contributed by atoms with van der Waals surface area (Å²) in [5, 5.41) is 9.67. The van der Waals surface area contributed by atoms with Gasteiger partial charge in [0.15, 0.2) is 0 Å². The normalized spacial score (nSPS) is 35.0. The fraction of sp³-hybridized carbons (Fsp3) is 0.938. The molecule has 0 amide bonds. The molecule has 2 saturated heterocycles. The minimum atomic E-state index is -5.79. The van der Waals surface area contributed by atoms with Crippen molar-refractivity contribution >= 4 is 26.3 Å². The van der Waals surface area contributed by atoms with Gasteiger partial charge in [0.25, 0.3) is 0 Å². The van der Waals surface area contributed by atoms with Crippen LogP contribution >= 0.6 is 20.4 Å². The van der Waals surface area contributed by atoms with Crippen molar-refractivity contribution in [3.05, 3.63) is 0 Å². The molecule has 4 aliphatic rings. The van der Waals surface area contributed by atoms with Gasteiger partial charge in [-0.15, -0.1) is 0 Å². The van der Waals surface area contributed by atoms with Crippen LogP contribution in [0.4, 0.5) is 26.3 Å². The number of alkyl halides is 7. The van der Waals surface area contributed by atoms with Crippen LogP contribution in [-0.4, -0.2) is 39.3 Å². The molecule has 0 radical (unpaired) electrons. The van der Waals surface area contributed by atoms with Crippen molar-refractivity contribution in [2.24, 2.45) is 29.1 Å². The van der Waals surface area contributed by atoms with Gasteiger partial charge in [-0.25, -0.2) is 0 Å². The Bertz CT molecular complexity index is 677. The van der Waals surface area contributed by atoms with Gasteiger partial charge in [0.1, 0.15) is 0 Å². The first kappa shape index (κ1) is 20.9. The van der Waals surface area contributed by atoms with Gasteiger partial charge in [0.05, 0.1) is 0 Å². The molecular formula is C16H21F6IN2O3. The first-order chi connectivity index (χ1) is 12.6. The second-order valence-electron chi connectivity index (χ2n) is 8.71. The Morgan fingerprint density at radius 1 is 1.07 bits per heavy atom. The molecule has 28 heavy (non-hydrogen) atoms. The van der Waals surface area contributed by atoms with E-state index < -0.39 is 67.5 Å². The third-order valence-electron chi connectivity index (χ3n) is 6.87. The number of nitrogens with one attached hydrogen (secondary N) is 2. The van der Waals surface area contributed by atoms with Crippen molar-refractivity contribution in [2.75, 3.05) is 6.61 Å². The van der Waals surface area contributed by atoms with Crippen LogP contribution in [0.3, 0.4) is 0 Å². The monoisotopic (exact) mass is 530 g/mol. The molecule has 2 bridgehead atoms. The third-order valence-corrected chi connectivity index (χ3v) is 12.0. The number of hydrogen-bond donors (Lipinski definition) is 3. The summed E-state index contributed by atoms with van der Waals surface area (Å²) in [4.78, 5) is 12.4. The number of rotatable bonds is 5. The van der Waals surface area contributed by atoms with E-state index in [9.17, 15) is 36.2 Å². The van der Waals surface area contributed by atoms with Gasteiger partial charge in [-0.2, -0.15) is 0 Å². The van der Waals surface area contributed by atoms with Gasteiger partial charge in [-0.1, -0.05) is 0 Å². The maximum absolute atomic E-state index is 13.1. The van der Waals surface area contributed by atoms with E-state index in [0.29, 0.717) is 0 Å². The molecule has 0 aromatic heterocycles. The van der Waals surface area contributed by atoms with E-state index in [1.165, 1.54) is 0 Å². The van der Waals surface area contributed by atoms with Gasteiger partial charge in [-0.3, -0.25) is 0 Å². The van der Waals surface area contributed by atoms with Gasteiger partial charge < -0.3 is 0 Å². The van der Waals surface area contributed by atoms with E-state index in [-0.39, 0.29) is 35.5 Å². The Kier molecular flexibility index (Phi) is 4.39. The molecule has 3 N–H and O–H groups in total. The molecule has 0 aromatic rings. The predicted molar refractivity (Wildman–Crippen MR) is 92.6 cm³/mol. The van der Waals surface area contributed by atoms with Crippen LogP contribution in [0, 0.1) is 29.1 Å². The van der Waals surface area contributed by atoms with E-state index in [1.54, 1.807) is 13.8 Å². The van der Waals surface area contributed by atoms with Crippen LogP contribution in [-0.2, 0) is 9.53 Å². The number of ether oxygens (including phenoxy) is 1. The van der Waals surface area contributed by atoms with Crippen molar-refractivity contribution in [3.63, 3.8) is 0 Å². The van der Waals surface area contributed by atoms with Crippen LogP contribution in [0.15, 0.2) is 0 Å². The second kappa shape index (κ2) is 5.88. The summed E-state index contributed by atoms with van der Waals surface area (Å²) < 4.78 is 90.4. The quantitative estimate of drug-likeness (QED) is 0.0967. The van der Waals surface area contributed by atoms with Gasteiger partial charge in [0, 0.05) is 0 Å². The first-order valence-corrected chi connectivity index (χ1v) is 12.2. The van der Waals surface area contributed by atoms with E-state index in [1.807, 2.05) is 0 Å². The third kappa shape index (κ3) is 2.73. The van der Waals surface area contributed by atoms with Crippen LogP contribution in [0.2, 0.25) is 0 Å². The summed E-state index contributed by atoms with van der Waals surface area (Å²) in [6.07, 6.45) is -11.7. The summed E-state index contributed by atoms with van der Waals surface area (Å²) in [7, 11) is 0. The Hall–Kier alpha value is -0.340. The number of fused-ring (bicyclic) bond motifs is 3. The van der Waals surface area contributed by atoms with Gasteiger partial charge in [-0.05, 0) is 0 Å². The van der Waals surface area contributed by atoms with Crippen LogP contribution < -0.4 is 7.06 Å².